The van der Waals surface area contributed by atoms with Crippen LogP contribution in [0.2, 0.25) is 5.02 Å². The molecule has 0 aromatic heterocycles. The smallest absolute Gasteiger partial charge is 0.244 e. The summed E-state index contributed by atoms with van der Waals surface area (Å²) < 4.78 is 31.5. The SMILES string of the molecule is CCOc1ccc([C@@H](C)NC(=O)[C@H](CC)N(c2cccc(Cl)c2)S(C)(=O)=O)cc1. The van der Waals surface area contributed by atoms with Gasteiger partial charge in [0.2, 0.25) is 15.9 Å². The number of anilines is 1. The van der Waals surface area contributed by atoms with Crippen molar-refractivity contribution >= 4 is 33.2 Å². The molecule has 0 heterocycles. The third kappa shape index (κ3) is 6.11. The van der Waals surface area contributed by atoms with E-state index in [4.69, 9.17) is 16.3 Å². The third-order valence-electron chi connectivity index (χ3n) is 4.44. The first-order valence-electron chi connectivity index (χ1n) is 9.45. The van der Waals surface area contributed by atoms with Crippen molar-refractivity contribution in [1.29, 1.82) is 0 Å². The molecule has 2 aromatic rings. The van der Waals surface area contributed by atoms with Crippen LogP contribution in [0.3, 0.4) is 0 Å². The van der Waals surface area contributed by atoms with Gasteiger partial charge in [-0.05, 0) is 56.2 Å². The number of rotatable bonds is 9. The lowest BCUT2D eigenvalue weighted by atomic mass is 10.1. The number of hydrogen-bond donors (Lipinski definition) is 1. The van der Waals surface area contributed by atoms with Gasteiger partial charge < -0.3 is 10.1 Å². The Morgan fingerprint density at radius 2 is 1.83 bits per heavy atom. The van der Waals surface area contributed by atoms with Crippen molar-refractivity contribution in [2.75, 3.05) is 17.2 Å². The van der Waals surface area contributed by atoms with Crippen LogP contribution in [0.4, 0.5) is 5.69 Å². The van der Waals surface area contributed by atoms with Crippen molar-refractivity contribution in [2.24, 2.45) is 0 Å². The molecule has 0 aliphatic heterocycles. The summed E-state index contributed by atoms with van der Waals surface area (Å²) in [4.78, 5) is 13.0. The highest BCUT2D eigenvalue weighted by molar-refractivity contribution is 7.92. The second-order valence-corrected chi connectivity index (χ2v) is 8.99. The van der Waals surface area contributed by atoms with Crippen LogP contribution in [0.15, 0.2) is 48.5 Å². The van der Waals surface area contributed by atoms with Crippen LogP contribution in [-0.2, 0) is 14.8 Å². The number of hydrogen-bond acceptors (Lipinski definition) is 4. The van der Waals surface area contributed by atoms with E-state index in [-0.39, 0.29) is 11.9 Å². The average Bonchev–Trinajstić information content (AvgIpc) is 2.65. The van der Waals surface area contributed by atoms with Gasteiger partial charge in [0.05, 0.1) is 24.6 Å². The maximum Gasteiger partial charge on any atom is 0.244 e. The lowest BCUT2D eigenvalue weighted by Crippen LogP contribution is -2.49. The van der Waals surface area contributed by atoms with Crippen LogP contribution < -0.4 is 14.4 Å². The van der Waals surface area contributed by atoms with E-state index >= 15 is 0 Å². The Morgan fingerprint density at radius 3 is 2.34 bits per heavy atom. The highest BCUT2D eigenvalue weighted by Crippen LogP contribution is 2.26. The van der Waals surface area contributed by atoms with Gasteiger partial charge in [-0.1, -0.05) is 36.7 Å². The quantitative estimate of drug-likeness (QED) is 0.637. The van der Waals surface area contributed by atoms with Gasteiger partial charge >= 0.3 is 0 Å². The molecular weight excluding hydrogens is 412 g/mol. The van der Waals surface area contributed by atoms with Gasteiger partial charge in [0.1, 0.15) is 11.8 Å². The van der Waals surface area contributed by atoms with Gasteiger partial charge in [0.15, 0.2) is 0 Å². The summed E-state index contributed by atoms with van der Waals surface area (Å²) in [5.74, 6) is 0.379. The van der Waals surface area contributed by atoms with E-state index in [0.29, 0.717) is 23.7 Å². The van der Waals surface area contributed by atoms with Crippen LogP contribution in [0.5, 0.6) is 5.75 Å². The number of carbonyl (C=O) groups excluding carboxylic acids is 1. The highest BCUT2D eigenvalue weighted by atomic mass is 35.5. The molecule has 29 heavy (non-hydrogen) atoms. The van der Waals surface area contributed by atoms with Crippen molar-refractivity contribution in [1.82, 2.24) is 5.32 Å². The molecule has 0 bridgehead atoms. The minimum absolute atomic E-state index is 0.298. The van der Waals surface area contributed by atoms with Gasteiger partial charge in [-0.3, -0.25) is 9.10 Å². The van der Waals surface area contributed by atoms with Crippen LogP contribution in [0.25, 0.3) is 0 Å². The normalized spacial score (nSPS) is 13.4. The molecule has 2 atom stereocenters. The van der Waals surface area contributed by atoms with Crippen molar-refractivity contribution in [3.8, 4) is 5.75 Å². The molecule has 1 N–H and O–H groups in total. The minimum Gasteiger partial charge on any atom is -0.494 e. The molecule has 0 aliphatic rings. The fraction of sp³-hybridized carbons (Fsp3) is 0.381. The first kappa shape index (κ1) is 23.0. The summed E-state index contributed by atoms with van der Waals surface area (Å²) in [6, 6.07) is 12.7. The van der Waals surface area contributed by atoms with Crippen molar-refractivity contribution in [3.05, 3.63) is 59.1 Å². The molecule has 0 spiro atoms. The van der Waals surface area contributed by atoms with Crippen LogP contribution in [0, 0.1) is 0 Å². The average molecular weight is 439 g/mol. The molecule has 0 aliphatic carbocycles. The second kappa shape index (κ2) is 9.98. The molecule has 2 rings (SSSR count). The van der Waals surface area contributed by atoms with E-state index in [9.17, 15) is 13.2 Å². The van der Waals surface area contributed by atoms with E-state index < -0.39 is 16.1 Å². The number of amides is 1. The molecule has 6 nitrogen and oxygen atoms in total. The predicted octanol–water partition coefficient (Wildman–Crippen LogP) is 4.16. The summed E-state index contributed by atoms with van der Waals surface area (Å²) in [5, 5.41) is 3.31. The first-order valence-corrected chi connectivity index (χ1v) is 11.7. The van der Waals surface area contributed by atoms with Gasteiger partial charge in [-0.15, -0.1) is 0 Å². The van der Waals surface area contributed by atoms with E-state index in [0.717, 1.165) is 21.9 Å². The second-order valence-electron chi connectivity index (χ2n) is 6.70. The van der Waals surface area contributed by atoms with Crippen molar-refractivity contribution in [2.45, 2.75) is 39.3 Å². The van der Waals surface area contributed by atoms with Crippen LogP contribution in [-0.4, -0.2) is 33.2 Å². The van der Waals surface area contributed by atoms with Gasteiger partial charge in [0.25, 0.3) is 0 Å². The first-order chi connectivity index (χ1) is 13.7. The monoisotopic (exact) mass is 438 g/mol. The predicted molar refractivity (Wildman–Crippen MR) is 117 cm³/mol. The van der Waals surface area contributed by atoms with Crippen LogP contribution >= 0.6 is 11.6 Å². The fourth-order valence-electron chi connectivity index (χ4n) is 3.09. The lowest BCUT2D eigenvalue weighted by molar-refractivity contribution is -0.122. The summed E-state index contributed by atoms with van der Waals surface area (Å²) in [6.45, 7) is 6.11. The molecule has 158 valence electrons. The number of ether oxygens (including phenoxy) is 1. The Balaban J connectivity index is 2.24. The molecule has 1 amide bonds. The number of nitrogens with zero attached hydrogens (tertiary/aromatic N) is 1. The number of halogens is 1. The summed E-state index contributed by atoms with van der Waals surface area (Å²) >= 11 is 6.03. The molecule has 0 saturated carbocycles. The van der Waals surface area contributed by atoms with E-state index in [1.807, 2.05) is 38.1 Å². The summed E-state index contributed by atoms with van der Waals surface area (Å²) in [7, 11) is -3.71. The number of sulfonamides is 1. The van der Waals surface area contributed by atoms with E-state index in [1.54, 1.807) is 25.1 Å². The van der Waals surface area contributed by atoms with Crippen LogP contribution in [0.1, 0.15) is 38.8 Å². The molecule has 8 heteroatoms. The third-order valence-corrected chi connectivity index (χ3v) is 5.86. The molecule has 0 radical (unpaired) electrons. The fourth-order valence-corrected chi connectivity index (χ4v) is 4.47. The Bertz CT molecular complexity index is 932. The molecular formula is C21H27ClN2O4S. The zero-order chi connectivity index (χ0) is 21.6. The maximum atomic E-state index is 13.0. The minimum atomic E-state index is -3.71. The number of nitrogens with one attached hydrogen (secondary N) is 1. The van der Waals surface area contributed by atoms with E-state index in [1.165, 1.54) is 6.07 Å². The Kier molecular flexibility index (Phi) is 7.93. The highest BCUT2D eigenvalue weighted by Gasteiger charge is 2.32. The topological polar surface area (TPSA) is 75.7 Å². The van der Waals surface area contributed by atoms with Crippen molar-refractivity contribution in [3.63, 3.8) is 0 Å². The molecule has 0 unspecified atom stereocenters. The molecule has 0 fully saturated rings. The number of benzene rings is 2. The molecule has 0 saturated heterocycles. The molecule has 2 aromatic carbocycles. The Hall–Kier alpha value is -2.25. The lowest BCUT2D eigenvalue weighted by Gasteiger charge is -2.31. The zero-order valence-electron chi connectivity index (χ0n) is 17.1. The van der Waals surface area contributed by atoms with Gasteiger partial charge in [-0.2, -0.15) is 0 Å². The van der Waals surface area contributed by atoms with Gasteiger partial charge in [-0.25, -0.2) is 8.42 Å². The van der Waals surface area contributed by atoms with E-state index in [2.05, 4.69) is 5.32 Å². The largest absolute Gasteiger partial charge is 0.494 e. The van der Waals surface area contributed by atoms with Crippen molar-refractivity contribution < 1.29 is 17.9 Å². The zero-order valence-corrected chi connectivity index (χ0v) is 18.6. The standard InChI is InChI=1S/C21H27ClN2O4S/c1-5-20(24(29(4,26)27)18-9-7-8-17(22)14-18)21(25)23-15(3)16-10-12-19(13-11-16)28-6-2/h7-15,20H,5-6H2,1-4H3,(H,23,25)/t15-,20+/m1/s1. The number of carbonyl (C=O) groups is 1. The Labute approximate surface area is 177 Å². The Morgan fingerprint density at radius 1 is 1.17 bits per heavy atom. The van der Waals surface area contributed by atoms with Gasteiger partial charge in [0, 0.05) is 5.02 Å². The maximum absolute atomic E-state index is 13.0. The summed E-state index contributed by atoms with van der Waals surface area (Å²) in [5.41, 5.74) is 1.25. The summed E-state index contributed by atoms with van der Waals surface area (Å²) in [6.07, 6.45) is 1.39.